The normalized spacial score (nSPS) is 23.5. The molecule has 1 aromatic heterocycles. The van der Waals surface area contributed by atoms with Crippen molar-refractivity contribution in [2.24, 2.45) is 5.92 Å². The van der Waals surface area contributed by atoms with E-state index in [9.17, 15) is 10.2 Å². The van der Waals surface area contributed by atoms with Crippen molar-refractivity contribution in [1.82, 2.24) is 9.97 Å². The summed E-state index contributed by atoms with van der Waals surface area (Å²) in [6.45, 7) is 20.2. The van der Waals surface area contributed by atoms with E-state index >= 15 is 0 Å². The number of anilines is 1. The lowest BCUT2D eigenvalue weighted by Crippen LogP contribution is -2.54. The summed E-state index contributed by atoms with van der Waals surface area (Å²) in [6, 6.07) is -0.308. The Balaban J connectivity index is 2.20. The zero-order chi connectivity index (χ0) is 26.7. The van der Waals surface area contributed by atoms with Crippen LogP contribution in [0.5, 0.6) is 0 Å². The average molecular weight is 655 g/mol. The topological polar surface area (TPSA) is 96.7 Å². The molecule has 1 saturated carbocycles. The molecule has 0 spiro atoms. The highest BCUT2D eigenvalue weighted by molar-refractivity contribution is 14.1. The average Bonchev–Trinajstić information content (AvgIpc) is 3.03. The number of aliphatic hydroxyl groups is 2. The number of hydrogen-bond donors (Lipinski definition) is 3. The Kier molecular flexibility index (Phi) is 12.0. The van der Waals surface area contributed by atoms with E-state index in [2.05, 4.69) is 93.3 Å². The van der Waals surface area contributed by atoms with E-state index in [-0.39, 0.29) is 23.0 Å². The summed E-state index contributed by atoms with van der Waals surface area (Å²) >= 11 is 3.72. The molecule has 1 aliphatic carbocycles. The number of hydrogen-bond acceptors (Lipinski definition) is 8. The molecule has 4 atom stereocenters. The zero-order valence-electron chi connectivity index (χ0n) is 22.9. The summed E-state index contributed by atoms with van der Waals surface area (Å²) in [4.78, 5) is 9.07. The first kappa shape index (κ1) is 31.5. The summed E-state index contributed by atoms with van der Waals surface area (Å²) in [6.07, 6.45) is 0.788. The number of thioether (sulfide) groups is 1. The molecular formula is C24H45IN3O4SSi2. The fourth-order valence-corrected chi connectivity index (χ4v) is 15.0. The Morgan fingerprint density at radius 1 is 1.06 bits per heavy atom. The quantitative estimate of drug-likeness (QED) is 0.114. The Morgan fingerprint density at radius 2 is 1.63 bits per heavy atom. The molecule has 1 fully saturated rings. The Morgan fingerprint density at radius 3 is 2.11 bits per heavy atom. The summed E-state index contributed by atoms with van der Waals surface area (Å²) in [5.74, 6) is 0.530. The lowest BCUT2D eigenvalue weighted by atomic mass is 10.1. The smallest absolute Gasteiger partial charge is 0.333 e. The van der Waals surface area contributed by atoms with Gasteiger partial charge in [0.05, 0.1) is 21.4 Å². The van der Waals surface area contributed by atoms with Gasteiger partial charge in [0.1, 0.15) is 11.9 Å². The number of halogens is 1. The van der Waals surface area contributed by atoms with Crippen molar-refractivity contribution in [3.63, 3.8) is 0 Å². The minimum Gasteiger partial charge on any atom is -0.435 e. The molecule has 1 aliphatic rings. The van der Waals surface area contributed by atoms with Crippen LogP contribution in [-0.2, 0) is 8.54 Å². The Hall–Kier alpha value is 0.234. The van der Waals surface area contributed by atoms with E-state index in [0.29, 0.717) is 35.1 Å². The number of aliphatic hydroxyl groups excluding tert-OH is 2. The van der Waals surface area contributed by atoms with Crippen molar-refractivity contribution in [3.8, 4) is 0 Å². The molecule has 1 aromatic rings. The molecular weight excluding hydrogens is 609 g/mol. The molecule has 0 bridgehead atoms. The predicted molar refractivity (Wildman–Crippen MR) is 158 cm³/mol. The van der Waals surface area contributed by atoms with Gasteiger partial charge in [0.15, 0.2) is 5.16 Å². The molecule has 1 radical (unpaired) electrons. The van der Waals surface area contributed by atoms with E-state index in [0.717, 1.165) is 9.26 Å². The fraction of sp³-hybridized carbons (Fsp3) is 0.833. The summed E-state index contributed by atoms with van der Waals surface area (Å²) in [7, 11) is -3.64. The molecule has 1 heterocycles. The van der Waals surface area contributed by atoms with Gasteiger partial charge in [0.25, 0.3) is 0 Å². The maximum atomic E-state index is 10.9. The molecule has 2 rings (SSSR count). The molecule has 0 unspecified atom stereocenters. The van der Waals surface area contributed by atoms with Gasteiger partial charge in [-0.05, 0) is 64.4 Å². The van der Waals surface area contributed by atoms with Gasteiger partial charge >= 0.3 is 8.56 Å². The van der Waals surface area contributed by atoms with Gasteiger partial charge in [-0.3, -0.25) is 0 Å². The van der Waals surface area contributed by atoms with Gasteiger partial charge in [-0.15, -0.1) is 0 Å². The predicted octanol–water partition coefficient (Wildman–Crippen LogP) is 5.74. The molecule has 201 valence electrons. The van der Waals surface area contributed by atoms with Gasteiger partial charge in [-0.25, -0.2) is 9.97 Å². The first-order chi connectivity index (χ1) is 16.2. The molecule has 3 N–H and O–H groups in total. The SMILES string of the molecule is CSc1nc(C)c(I)c(N[C@@H]2C[C@H](CO[Si](O[Si](C(C)C)C(C)C)(C(C)C)C(C)C)[C@@H](O)[C@H]2O)n1. The maximum absolute atomic E-state index is 10.9. The van der Waals surface area contributed by atoms with Crippen LogP contribution in [0.3, 0.4) is 0 Å². The van der Waals surface area contributed by atoms with Gasteiger partial charge in [-0.2, -0.15) is 0 Å². The number of aromatic nitrogens is 2. The highest BCUT2D eigenvalue weighted by atomic mass is 127. The third kappa shape index (κ3) is 7.42. The van der Waals surface area contributed by atoms with Crippen LogP contribution in [0, 0.1) is 16.4 Å². The molecule has 7 nitrogen and oxygen atoms in total. The van der Waals surface area contributed by atoms with Crippen LogP contribution in [-0.4, -0.2) is 68.9 Å². The maximum Gasteiger partial charge on any atom is 0.333 e. The third-order valence-corrected chi connectivity index (χ3v) is 17.0. The van der Waals surface area contributed by atoms with Gasteiger partial charge < -0.3 is 24.1 Å². The van der Waals surface area contributed by atoms with Gasteiger partial charge in [0.2, 0.25) is 9.04 Å². The van der Waals surface area contributed by atoms with Crippen molar-refractivity contribution < 1.29 is 18.8 Å². The molecule has 11 heteroatoms. The summed E-state index contributed by atoms with van der Waals surface area (Å²) in [5.41, 5.74) is 2.45. The fourth-order valence-electron chi connectivity index (χ4n) is 4.92. The molecule has 35 heavy (non-hydrogen) atoms. The first-order valence-corrected chi connectivity index (χ1v) is 18.5. The van der Waals surface area contributed by atoms with E-state index < -0.39 is 29.8 Å². The van der Waals surface area contributed by atoms with Crippen molar-refractivity contribution in [1.29, 1.82) is 0 Å². The highest BCUT2D eigenvalue weighted by Crippen LogP contribution is 2.40. The Bertz CT molecular complexity index is 818. The minimum atomic E-state index is -2.58. The highest BCUT2D eigenvalue weighted by Gasteiger charge is 2.50. The molecule has 0 aliphatic heterocycles. The number of nitrogens with zero attached hydrogens (tertiary/aromatic N) is 2. The first-order valence-electron chi connectivity index (χ1n) is 12.7. The van der Waals surface area contributed by atoms with Crippen molar-refractivity contribution in [3.05, 3.63) is 9.26 Å². The van der Waals surface area contributed by atoms with E-state index in [1.54, 1.807) is 0 Å². The number of rotatable bonds is 12. The standard InChI is InChI=1S/C24H45IN3O4SSi2/c1-13(2)34(14(3)4)32-35(15(5)6,16(7)8)31-12-18-11-19(22(30)21(18)29)27-23-20(25)17(9)26-24(28-23)33-10/h13-16,18-19,21-22,29-30H,11-12H2,1-10H3,(H,26,27,28)/t18-,19-,21-,22+/m1/s1. The van der Waals surface area contributed by atoms with Crippen LogP contribution in [0.4, 0.5) is 5.82 Å². The molecule has 0 aromatic carbocycles. The summed E-state index contributed by atoms with van der Waals surface area (Å²) in [5, 5.41) is 25.9. The second-order valence-corrected chi connectivity index (χ2v) is 20.7. The lowest BCUT2D eigenvalue weighted by Gasteiger charge is -2.42. The van der Waals surface area contributed by atoms with Crippen molar-refractivity contribution >= 4 is 57.8 Å². The van der Waals surface area contributed by atoms with Crippen LogP contribution >= 0.6 is 34.4 Å². The van der Waals surface area contributed by atoms with Crippen LogP contribution in [0.1, 0.15) is 67.5 Å². The van der Waals surface area contributed by atoms with Crippen LogP contribution in [0.2, 0.25) is 22.2 Å². The van der Waals surface area contributed by atoms with Crippen molar-refractivity contribution in [2.45, 2.75) is 114 Å². The van der Waals surface area contributed by atoms with Gasteiger partial charge in [-0.1, -0.05) is 67.2 Å². The van der Waals surface area contributed by atoms with Crippen LogP contribution in [0.15, 0.2) is 5.16 Å². The van der Waals surface area contributed by atoms with E-state index in [1.807, 2.05) is 13.2 Å². The van der Waals surface area contributed by atoms with Crippen LogP contribution < -0.4 is 5.32 Å². The molecule has 0 saturated heterocycles. The third-order valence-electron chi connectivity index (χ3n) is 6.85. The number of nitrogens with one attached hydrogen (secondary N) is 1. The summed E-state index contributed by atoms with van der Waals surface area (Å²) < 4.78 is 14.7. The van der Waals surface area contributed by atoms with Gasteiger partial charge in [0, 0.05) is 12.5 Å². The largest absolute Gasteiger partial charge is 0.435 e. The van der Waals surface area contributed by atoms with Crippen LogP contribution in [0.25, 0.3) is 0 Å². The van der Waals surface area contributed by atoms with E-state index in [1.165, 1.54) is 11.8 Å². The second-order valence-electron chi connectivity index (χ2n) is 10.8. The molecule has 0 amide bonds. The monoisotopic (exact) mass is 654 g/mol. The minimum absolute atomic E-state index is 0.176. The van der Waals surface area contributed by atoms with Crippen molar-refractivity contribution in [2.75, 3.05) is 18.2 Å². The lowest BCUT2D eigenvalue weighted by molar-refractivity contribution is 0.00342. The number of aryl methyl sites for hydroxylation is 1. The van der Waals surface area contributed by atoms with E-state index in [4.69, 9.17) is 8.54 Å². The zero-order valence-corrected chi connectivity index (χ0v) is 27.9. The Labute approximate surface area is 233 Å². The second kappa shape index (κ2) is 13.3.